The molecular formula is C42H57N3O12. The molecule has 0 aliphatic carbocycles. The molecule has 3 unspecified atom stereocenters. The van der Waals surface area contributed by atoms with Crippen molar-refractivity contribution in [2.75, 3.05) is 19.8 Å². The molecule has 0 aliphatic rings. The van der Waals surface area contributed by atoms with E-state index >= 15 is 0 Å². The Labute approximate surface area is 333 Å². The van der Waals surface area contributed by atoms with Gasteiger partial charge in [-0.3, -0.25) is 0 Å². The predicted molar refractivity (Wildman–Crippen MR) is 211 cm³/mol. The van der Waals surface area contributed by atoms with Crippen molar-refractivity contribution in [3.8, 4) is 68.7 Å². The fourth-order valence-electron chi connectivity index (χ4n) is 5.32. The molecule has 0 amide bonds. The second-order valence-corrected chi connectivity index (χ2v) is 13.5. The Morgan fingerprint density at radius 2 is 0.702 bits per heavy atom. The number of ether oxygens (including phenoxy) is 6. The fourth-order valence-corrected chi connectivity index (χ4v) is 5.32. The number of unbranched alkanes of at least 4 members (excludes halogenated alkanes) is 3. The maximum atomic E-state index is 11.2. The minimum Gasteiger partial charge on any atom is -0.507 e. The minimum atomic E-state index is -1.92. The van der Waals surface area contributed by atoms with Crippen molar-refractivity contribution in [3.05, 3.63) is 54.6 Å². The van der Waals surface area contributed by atoms with E-state index in [1.807, 2.05) is 20.8 Å². The zero-order chi connectivity index (χ0) is 41.6. The van der Waals surface area contributed by atoms with Gasteiger partial charge < -0.3 is 59.1 Å². The Balaban J connectivity index is 1.76. The van der Waals surface area contributed by atoms with Crippen LogP contribution in [0.3, 0.4) is 0 Å². The molecule has 0 spiro atoms. The second kappa shape index (κ2) is 20.6. The third-order valence-corrected chi connectivity index (χ3v) is 8.91. The Bertz CT molecular complexity index is 1670. The minimum absolute atomic E-state index is 0.0437. The van der Waals surface area contributed by atoms with Gasteiger partial charge >= 0.3 is 17.9 Å². The van der Waals surface area contributed by atoms with Crippen LogP contribution < -0.4 is 14.2 Å². The van der Waals surface area contributed by atoms with Crippen LogP contribution in [0.2, 0.25) is 0 Å². The molecule has 6 N–H and O–H groups in total. The number of rotatable bonds is 24. The largest absolute Gasteiger partial charge is 0.507 e. The average molecular weight is 796 g/mol. The zero-order valence-electron chi connectivity index (χ0n) is 33.7. The maximum absolute atomic E-state index is 11.2. The highest BCUT2D eigenvalue weighted by molar-refractivity contribution is 5.74. The topological polar surface area (TPSA) is 215 Å². The van der Waals surface area contributed by atoms with Crippen molar-refractivity contribution in [3.63, 3.8) is 0 Å². The Morgan fingerprint density at radius 1 is 0.439 bits per heavy atom. The third-order valence-electron chi connectivity index (χ3n) is 8.91. The summed E-state index contributed by atoms with van der Waals surface area (Å²) in [4.78, 5) is 13.7. The van der Waals surface area contributed by atoms with Crippen LogP contribution in [0.5, 0.6) is 34.5 Å². The highest BCUT2D eigenvalue weighted by atomic mass is 16.8. The van der Waals surface area contributed by atoms with Crippen LogP contribution in [-0.2, 0) is 14.2 Å². The van der Waals surface area contributed by atoms with E-state index in [0.717, 1.165) is 38.5 Å². The molecule has 57 heavy (non-hydrogen) atoms. The zero-order valence-corrected chi connectivity index (χ0v) is 33.7. The van der Waals surface area contributed by atoms with Crippen LogP contribution in [0.15, 0.2) is 54.6 Å². The van der Waals surface area contributed by atoms with Gasteiger partial charge in [-0.2, -0.15) is 0 Å². The van der Waals surface area contributed by atoms with Gasteiger partial charge in [0, 0.05) is 37.5 Å². The summed E-state index contributed by atoms with van der Waals surface area (Å²) in [6, 6.07) is 12.8. The summed E-state index contributed by atoms with van der Waals surface area (Å²) in [7, 11) is 0. The standard InChI is InChI=1S/C42H57N3O12/c1-7-13-22-52-40(49,10-4)55-28-16-19-31(34(46)25-28)37-43-38(32-20-17-29(26-35(32)47)56-41(50,11-5)53-23-14-8-2)45-39(44-37)33-21-18-30(27-36(33)48)57-42(51,12-6)54-24-15-9-3/h16-21,25-27,46-51H,7-15,22-24H2,1-6H3. The van der Waals surface area contributed by atoms with Gasteiger partial charge in [0.1, 0.15) is 34.5 Å². The first kappa shape index (κ1) is 44.9. The lowest BCUT2D eigenvalue weighted by Gasteiger charge is -2.27. The van der Waals surface area contributed by atoms with Crippen molar-refractivity contribution >= 4 is 0 Å². The summed E-state index contributed by atoms with van der Waals surface area (Å²) in [6.45, 7) is 11.9. The van der Waals surface area contributed by atoms with Gasteiger partial charge in [-0.25, -0.2) is 15.0 Å². The van der Waals surface area contributed by atoms with Crippen LogP contribution >= 0.6 is 0 Å². The molecule has 1 heterocycles. The lowest BCUT2D eigenvalue weighted by molar-refractivity contribution is -0.321. The second-order valence-electron chi connectivity index (χ2n) is 13.5. The fraction of sp³-hybridized carbons (Fsp3) is 0.500. The normalized spacial score (nSPS) is 14.7. The molecular weight excluding hydrogens is 738 g/mol. The highest BCUT2D eigenvalue weighted by Crippen LogP contribution is 2.39. The number of aliphatic hydroxyl groups is 3. The van der Waals surface area contributed by atoms with Crippen LogP contribution in [-0.4, -0.2) is 83.3 Å². The Kier molecular flexibility index (Phi) is 16.2. The lowest BCUT2D eigenvalue weighted by Crippen LogP contribution is -2.38. The van der Waals surface area contributed by atoms with Crippen molar-refractivity contribution in [1.82, 2.24) is 15.0 Å². The summed E-state index contributed by atoms with van der Waals surface area (Å²) in [5.74, 6) is -6.47. The lowest BCUT2D eigenvalue weighted by atomic mass is 10.1. The number of hydrogen-bond acceptors (Lipinski definition) is 15. The highest BCUT2D eigenvalue weighted by Gasteiger charge is 2.31. The van der Waals surface area contributed by atoms with Gasteiger partial charge in [-0.05, 0) is 55.7 Å². The SMILES string of the molecule is CCCCOC(O)(CC)Oc1ccc(-c2nc(-c3ccc(OC(O)(CC)OCCCC)cc3O)nc(-c3ccc(OC(O)(CC)OCCCC)cc3O)n2)c(O)c1. The molecule has 0 fully saturated rings. The van der Waals surface area contributed by atoms with Crippen molar-refractivity contribution < 1.29 is 59.1 Å². The summed E-state index contributed by atoms with van der Waals surface area (Å²) in [6.07, 6.45) is 5.11. The molecule has 3 atom stereocenters. The number of aromatic nitrogens is 3. The van der Waals surface area contributed by atoms with Crippen LogP contribution in [0.25, 0.3) is 34.2 Å². The van der Waals surface area contributed by atoms with E-state index in [9.17, 15) is 30.6 Å². The Morgan fingerprint density at radius 3 is 0.912 bits per heavy atom. The molecule has 1 aromatic heterocycles. The van der Waals surface area contributed by atoms with E-state index in [1.165, 1.54) is 54.6 Å². The number of phenols is 3. The molecule has 0 saturated carbocycles. The monoisotopic (exact) mass is 795 g/mol. The molecule has 15 nitrogen and oxygen atoms in total. The van der Waals surface area contributed by atoms with Crippen LogP contribution in [0, 0.1) is 0 Å². The summed E-state index contributed by atoms with van der Waals surface area (Å²) < 4.78 is 33.9. The number of hydrogen-bond donors (Lipinski definition) is 6. The van der Waals surface area contributed by atoms with Crippen molar-refractivity contribution in [1.29, 1.82) is 0 Å². The number of phenolic OH excluding ortho intramolecular Hbond substituents is 3. The van der Waals surface area contributed by atoms with Crippen LogP contribution in [0.4, 0.5) is 0 Å². The van der Waals surface area contributed by atoms with Crippen molar-refractivity contribution in [2.45, 2.75) is 117 Å². The van der Waals surface area contributed by atoms with E-state index in [1.54, 1.807) is 20.8 Å². The Hall–Kier alpha value is -4.77. The van der Waals surface area contributed by atoms with Gasteiger partial charge in [0.05, 0.1) is 36.5 Å². The number of nitrogens with zero attached hydrogens (tertiary/aromatic N) is 3. The quantitative estimate of drug-likeness (QED) is 0.0295. The molecule has 0 saturated heterocycles. The smallest absolute Gasteiger partial charge is 0.324 e. The van der Waals surface area contributed by atoms with Crippen LogP contribution in [0.1, 0.15) is 99.3 Å². The van der Waals surface area contributed by atoms with Gasteiger partial charge in [0.25, 0.3) is 0 Å². The first-order valence-corrected chi connectivity index (χ1v) is 19.7. The maximum Gasteiger partial charge on any atom is 0.324 e. The molecule has 3 aromatic carbocycles. The average Bonchev–Trinajstić information content (AvgIpc) is 3.18. The van der Waals surface area contributed by atoms with E-state index in [2.05, 4.69) is 15.0 Å². The number of benzene rings is 3. The van der Waals surface area contributed by atoms with E-state index in [0.29, 0.717) is 0 Å². The van der Waals surface area contributed by atoms with Gasteiger partial charge in [-0.1, -0.05) is 60.8 Å². The molecule has 4 aromatic rings. The van der Waals surface area contributed by atoms with Gasteiger partial charge in [0.2, 0.25) is 0 Å². The van der Waals surface area contributed by atoms with Gasteiger partial charge in [-0.15, -0.1) is 0 Å². The summed E-state index contributed by atoms with van der Waals surface area (Å²) in [5, 5.41) is 66.4. The summed E-state index contributed by atoms with van der Waals surface area (Å²) in [5.41, 5.74) is 0.396. The molecule has 0 bridgehead atoms. The summed E-state index contributed by atoms with van der Waals surface area (Å²) >= 11 is 0. The third kappa shape index (κ3) is 12.4. The van der Waals surface area contributed by atoms with E-state index in [4.69, 9.17) is 28.4 Å². The molecule has 0 aliphatic heterocycles. The first-order chi connectivity index (χ1) is 27.2. The molecule has 4 rings (SSSR count). The molecule has 312 valence electrons. The van der Waals surface area contributed by atoms with E-state index < -0.39 is 17.9 Å². The number of aromatic hydroxyl groups is 3. The predicted octanol–water partition coefficient (Wildman–Crippen LogP) is 7.74. The molecule has 15 heteroatoms. The first-order valence-electron chi connectivity index (χ1n) is 19.7. The van der Waals surface area contributed by atoms with Crippen molar-refractivity contribution in [2.24, 2.45) is 0 Å². The van der Waals surface area contributed by atoms with E-state index in [-0.39, 0.29) is 108 Å². The van der Waals surface area contributed by atoms with Gasteiger partial charge in [0.15, 0.2) is 17.5 Å². The molecule has 0 radical (unpaired) electrons.